The number of hydrogen-bond donors (Lipinski definition) is 1. The van der Waals surface area contributed by atoms with Gasteiger partial charge in [0.05, 0.1) is 23.2 Å². The number of aromatic nitrogens is 6. The zero-order valence-corrected chi connectivity index (χ0v) is 14.6. The van der Waals surface area contributed by atoms with Gasteiger partial charge in [-0.15, -0.1) is 5.10 Å². The molecule has 0 saturated carbocycles. The average molecular weight is 389 g/mol. The third-order valence-electron chi connectivity index (χ3n) is 4.80. The third kappa shape index (κ3) is 2.53. The van der Waals surface area contributed by atoms with Gasteiger partial charge in [0.1, 0.15) is 6.04 Å². The molecule has 4 aromatic rings. The van der Waals surface area contributed by atoms with E-state index >= 15 is 0 Å². The highest BCUT2D eigenvalue weighted by Gasteiger charge is 2.41. The maximum absolute atomic E-state index is 12.9. The molecule has 0 radical (unpaired) electrons. The fraction of sp³-hybridized carbons (Fsp3) is 0.294. The lowest BCUT2D eigenvalue weighted by Gasteiger charge is -2.32. The molecule has 0 bridgehead atoms. The van der Waals surface area contributed by atoms with E-state index in [2.05, 4.69) is 25.3 Å². The molecule has 8 nitrogen and oxygen atoms in total. The van der Waals surface area contributed by atoms with E-state index in [9.17, 15) is 13.2 Å². The number of aryl methyl sites for hydroxylation is 1. The summed E-state index contributed by atoms with van der Waals surface area (Å²) >= 11 is 0. The lowest BCUT2D eigenvalue weighted by Crippen LogP contribution is -2.37. The summed E-state index contributed by atoms with van der Waals surface area (Å²) in [7, 11) is 0. The minimum Gasteiger partial charge on any atom is -0.399 e. The minimum absolute atomic E-state index is 0.209. The van der Waals surface area contributed by atoms with E-state index in [1.54, 1.807) is 15.7 Å². The van der Waals surface area contributed by atoms with Crippen LogP contribution in [0.3, 0.4) is 0 Å². The van der Waals surface area contributed by atoms with Crippen LogP contribution in [-0.4, -0.2) is 36.3 Å². The predicted molar refractivity (Wildman–Crippen MR) is 90.7 cm³/mol. The molecule has 0 unspecified atom stereocenters. The van der Waals surface area contributed by atoms with E-state index in [-0.39, 0.29) is 6.01 Å². The molecule has 1 aliphatic rings. The van der Waals surface area contributed by atoms with Crippen LogP contribution in [0.15, 0.2) is 35.0 Å². The topological polar surface area (TPSA) is 88.1 Å². The van der Waals surface area contributed by atoms with Gasteiger partial charge in [-0.25, -0.2) is 9.50 Å². The Morgan fingerprint density at radius 1 is 1.25 bits per heavy atom. The van der Waals surface area contributed by atoms with Gasteiger partial charge in [-0.2, -0.15) is 18.3 Å². The molecule has 5 rings (SSSR count). The number of nitrogens with one attached hydrogen (secondary N) is 1. The van der Waals surface area contributed by atoms with Crippen molar-refractivity contribution in [3.8, 4) is 0 Å². The number of hydrogen-bond acceptors (Lipinski definition) is 6. The van der Waals surface area contributed by atoms with Crippen molar-refractivity contribution >= 4 is 11.5 Å². The number of H-pyrrole nitrogens is 1. The van der Waals surface area contributed by atoms with Gasteiger partial charge in [-0.1, -0.05) is 11.2 Å². The highest BCUT2D eigenvalue weighted by molar-refractivity contribution is 5.52. The van der Waals surface area contributed by atoms with E-state index in [0.717, 1.165) is 16.9 Å². The summed E-state index contributed by atoms with van der Waals surface area (Å²) in [6.07, 6.45) is -2.58. The standard InChI is InChI=1S/C17H14F3N7O/c1-9-3-2-4-10-7-12(25-27(9)10)14-13-11(21-8-22-13)5-6-26(14)16-24-23-15(28-16)17(18,19)20/h2-4,7-8,14H,5-6H2,1H3,(H,21,22)/t14-/m0/s1. The molecule has 144 valence electrons. The molecule has 5 heterocycles. The first-order chi connectivity index (χ1) is 13.4. The molecule has 0 aliphatic carbocycles. The van der Waals surface area contributed by atoms with Gasteiger partial charge in [0.2, 0.25) is 0 Å². The molecule has 1 aliphatic heterocycles. The summed E-state index contributed by atoms with van der Waals surface area (Å²) in [4.78, 5) is 9.08. The number of imidazole rings is 1. The Balaban J connectivity index is 1.64. The fourth-order valence-corrected chi connectivity index (χ4v) is 3.53. The molecule has 0 spiro atoms. The SMILES string of the molecule is Cc1cccc2cc([C@H]3c4nc[nH]c4CCN3c3nnc(C(F)(F)F)o3)nn12. The van der Waals surface area contributed by atoms with Crippen LogP contribution in [0.5, 0.6) is 0 Å². The Kier molecular flexibility index (Phi) is 3.48. The van der Waals surface area contributed by atoms with Crippen LogP contribution in [0.2, 0.25) is 0 Å². The number of pyridine rings is 1. The summed E-state index contributed by atoms with van der Waals surface area (Å²) < 4.78 is 45.5. The second-order valence-corrected chi connectivity index (χ2v) is 6.57. The largest absolute Gasteiger partial charge is 0.470 e. The number of anilines is 1. The fourth-order valence-electron chi connectivity index (χ4n) is 3.53. The van der Waals surface area contributed by atoms with E-state index in [1.807, 2.05) is 31.2 Å². The molecule has 4 aromatic heterocycles. The number of rotatable bonds is 2. The van der Waals surface area contributed by atoms with Gasteiger partial charge in [-0.3, -0.25) is 0 Å². The number of halogens is 3. The molecule has 0 amide bonds. The van der Waals surface area contributed by atoms with Gasteiger partial charge >= 0.3 is 18.1 Å². The summed E-state index contributed by atoms with van der Waals surface area (Å²) in [5, 5.41) is 11.4. The molecular formula is C17H14F3N7O. The monoisotopic (exact) mass is 389 g/mol. The van der Waals surface area contributed by atoms with Crippen LogP contribution in [0.4, 0.5) is 19.2 Å². The van der Waals surface area contributed by atoms with Crippen molar-refractivity contribution in [2.75, 3.05) is 11.4 Å². The zero-order valence-electron chi connectivity index (χ0n) is 14.6. The van der Waals surface area contributed by atoms with Crippen molar-refractivity contribution < 1.29 is 17.6 Å². The summed E-state index contributed by atoms with van der Waals surface area (Å²) in [6, 6.07) is 6.89. The van der Waals surface area contributed by atoms with Crippen molar-refractivity contribution in [1.82, 2.24) is 29.8 Å². The van der Waals surface area contributed by atoms with Gasteiger partial charge in [-0.05, 0) is 25.1 Å². The van der Waals surface area contributed by atoms with Crippen LogP contribution >= 0.6 is 0 Å². The maximum atomic E-state index is 12.9. The molecule has 0 fully saturated rings. The number of aromatic amines is 1. The normalized spacial score (nSPS) is 17.3. The lowest BCUT2D eigenvalue weighted by molar-refractivity contribution is -0.157. The van der Waals surface area contributed by atoms with E-state index in [1.165, 1.54) is 0 Å². The van der Waals surface area contributed by atoms with Crippen LogP contribution in [0, 0.1) is 6.92 Å². The van der Waals surface area contributed by atoms with E-state index < -0.39 is 18.1 Å². The first-order valence-electron chi connectivity index (χ1n) is 8.56. The quantitative estimate of drug-likeness (QED) is 0.567. The summed E-state index contributed by atoms with van der Waals surface area (Å²) in [6.45, 7) is 2.31. The predicted octanol–water partition coefficient (Wildman–Crippen LogP) is 2.92. The van der Waals surface area contributed by atoms with Crippen molar-refractivity contribution in [2.24, 2.45) is 0 Å². The Hall–Kier alpha value is -3.37. The molecular weight excluding hydrogens is 375 g/mol. The van der Waals surface area contributed by atoms with Gasteiger partial charge in [0.15, 0.2) is 0 Å². The minimum atomic E-state index is -4.70. The summed E-state index contributed by atoms with van der Waals surface area (Å²) in [5.74, 6) is -1.38. The Morgan fingerprint density at radius 3 is 2.86 bits per heavy atom. The van der Waals surface area contributed by atoms with Gasteiger partial charge in [0.25, 0.3) is 0 Å². The molecule has 1 atom stereocenters. The first kappa shape index (κ1) is 16.8. The highest BCUT2D eigenvalue weighted by atomic mass is 19.4. The van der Waals surface area contributed by atoms with E-state index in [0.29, 0.717) is 24.4 Å². The second kappa shape index (κ2) is 5.81. The molecule has 0 aromatic carbocycles. The van der Waals surface area contributed by atoms with Crippen LogP contribution in [-0.2, 0) is 12.6 Å². The molecule has 1 N–H and O–H groups in total. The van der Waals surface area contributed by atoms with Crippen molar-refractivity contribution in [1.29, 1.82) is 0 Å². The number of fused-ring (bicyclic) bond motifs is 2. The maximum Gasteiger partial charge on any atom is 0.470 e. The van der Waals surface area contributed by atoms with Crippen molar-refractivity contribution in [3.05, 3.63) is 59.3 Å². The number of alkyl halides is 3. The molecule has 28 heavy (non-hydrogen) atoms. The Morgan fingerprint density at radius 2 is 2.11 bits per heavy atom. The van der Waals surface area contributed by atoms with Crippen molar-refractivity contribution in [2.45, 2.75) is 25.6 Å². The Bertz CT molecular complexity index is 1160. The summed E-state index contributed by atoms with van der Waals surface area (Å²) in [5.41, 5.74) is 4.03. The van der Waals surface area contributed by atoms with Crippen LogP contribution in [0.1, 0.15) is 34.7 Å². The average Bonchev–Trinajstić information content (AvgIpc) is 3.38. The van der Waals surface area contributed by atoms with Gasteiger partial charge in [0, 0.05) is 24.4 Å². The lowest BCUT2D eigenvalue weighted by atomic mass is 10.0. The van der Waals surface area contributed by atoms with Crippen molar-refractivity contribution in [3.63, 3.8) is 0 Å². The van der Waals surface area contributed by atoms with Crippen LogP contribution in [0.25, 0.3) is 5.52 Å². The smallest absolute Gasteiger partial charge is 0.399 e. The number of nitrogens with zero attached hydrogens (tertiary/aromatic N) is 6. The second-order valence-electron chi connectivity index (χ2n) is 6.57. The first-order valence-corrected chi connectivity index (χ1v) is 8.56. The molecule has 11 heteroatoms. The molecule has 0 saturated heterocycles. The van der Waals surface area contributed by atoms with Crippen LogP contribution < -0.4 is 4.90 Å². The zero-order chi connectivity index (χ0) is 19.5. The van der Waals surface area contributed by atoms with Gasteiger partial charge < -0.3 is 14.3 Å². The third-order valence-corrected chi connectivity index (χ3v) is 4.80. The highest BCUT2D eigenvalue weighted by Crippen LogP contribution is 2.38. The van der Waals surface area contributed by atoms with E-state index in [4.69, 9.17) is 4.42 Å². The Labute approximate surface area is 156 Å².